The maximum Gasteiger partial charge on any atom is 0.138 e. The third-order valence-electron chi connectivity index (χ3n) is 2.60. The molecular weight excluding hydrogens is 230 g/mol. The lowest BCUT2D eigenvalue weighted by molar-refractivity contribution is 0.0809. The molecule has 1 aromatic heterocycles. The molecule has 0 radical (unpaired) electrons. The summed E-state index contributed by atoms with van der Waals surface area (Å²) in [5.41, 5.74) is 0. The molecule has 1 aromatic rings. The first-order valence-electron chi connectivity index (χ1n) is 6.76. The van der Waals surface area contributed by atoms with Crippen molar-refractivity contribution < 1.29 is 9.84 Å². The summed E-state index contributed by atoms with van der Waals surface area (Å²) in [6, 6.07) is 0. The van der Waals surface area contributed by atoms with E-state index in [-0.39, 0.29) is 0 Å². The molecule has 1 rings (SSSR count). The standard InChI is InChI=1S/C13H25N3O2/c1-4-6-18-7-5-12(17)8-13-14-10-15-16(13)9-11(2)3/h10-12,17H,4-9H2,1-3H3. The van der Waals surface area contributed by atoms with Crippen LogP contribution in [0, 0.1) is 5.92 Å². The zero-order chi connectivity index (χ0) is 13.4. The van der Waals surface area contributed by atoms with Gasteiger partial charge in [0.1, 0.15) is 12.2 Å². The molecule has 0 saturated heterocycles. The predicted octanol–water partition coefficient (Wildman–Crippen LogP) is 1.65. The van der Waals surface area contributed by atoms with Crippen molar-refractivity contribution in [2.75, 3.05) is 13.2 Å². The highest BCUT2D eigenvalue weighted by atomic mass is 16.5. The van der Waals surface area contributed by atoms with Crippen molar-refractivity contribution in [3.05, 3.63) is 12.2 Å². The summed E-state index contributed by atoms with van der Waals surface area (Å²) in [6.07, 6.45) is 3.35. The van der Waals surface area contributed by atoms with E-state index in [1.54, 1.807) is 6.33 Å². The van der Waals surface area contributed by atoms with Gasteiger partial charge in [-0.15, -0.1) is 0 Å². The number of aliphatic hydroxyl groups is 1. The number of rotatable bonds is 9. The number of hydrogen-bond acceptors (Lipinski definition) is 4. The monoisotopic (exact) mass is 255 g/mol. The van der Waals surface area contributed by atoms with Crippen LogP contribution in [0.15, 0.2) is 6.33 Å². The van der Waals surface area contributed by atoms with Gasteiger partial charge in [-0.05, 0) is 18.8 Å². The summed E-state index contributed by atoms with van der Waals surface area (Å²) in [5.74, 6) is 1.38. The average Bonchev–Trinajstić information content (AvgIpc) is 2.71. The van der Waals surface area contributed by atoms with Crippen LogP contribution in [0.5, 0.6) is 0 Å². The first-order chi connectivity index (χ1) is 8.63. The Balaban J connectivity index is 2.34. The topological polar surface area (TPSA) is 60.2 Å². The van der Waals surface area contributed by atoms with Crippen LogP contribution in [0.3, 0.4) is 0 Å². The van der Waals surface area contributed by atoms with Gasteiger partial charge >= 0.3 is 0 Å². The van der Waals surface area contributed by atoms with E-state index in [0.29, 0.717) is 25.4 Å². The fraction of sp³-hybridized carbons (Fsp3) is 0.846. The lowest BCUT2D eigenvalue weighted by Crippen LogP contribution is -2.19. The lowest BCUT2D eigenvalue weighted by atomic mass is 10.2. The van der Waals surface area contributed by atoms with Crippen LogP contribution < -0.4 is 0 Å². The molecule has 0 spiro atoms. The Kier molecular flexibility index (Phi) is 6.90. The Hall–Kier alpha value is -0.940. The zero-order valence-corrected chi connectivity index (χ0v) is 11.7. The zero-order valence-electron chi connectivity index (χ0n) is 11.7. The molecule has 0 amide bonds. The highest BCUT2D eigenvalue weighted by molar-refractivity contribution is 4.87. The van der Waals surface area contributed by atoms with E-state index in [9.17, 15) is 5.11 Å². The Morgan fingerprint density at radius 1 is 1.39 bits per heavy atom. The van der Waals surface area contributed by atoms with E-state index in [0.717, 1.165) is 25.4 Å². The second-order valence-electron chi connectivity index (χ2n) is 5.01. The normalized spacial score (nSPS) is 13.2. The molecule has 0 aliphatic heterocycles. The van der Waals surface area contributed by atoms with Gasteiger partial charge in [0.2, 0.25) is 0 Å². The molecule has 0 saturated carbocycles. The van der Waals surface area contributed by atoms with Crippen molar-refractivity contribution in [1.82, 2.24) is 14.8 Å². The van der Waals surface area contributed by atoms with E-state index in [2.05, 4.69) is 30.9 Å². The van der Waals surface area contributed by atoms with Crippen molar-refractivity contribution in [1.29, 1.82) is 0 Å². The van der Waals surface area contributed by atoms with Gasteiger partial charge in [0, 0.05) is 26.2 Å². The van der Waals surface area contributed by atoms with Crippen molar-refractivity contribution in [3.63, 3.8) is 0 Å². The summed E-state index contributed by atoms with van der Waals surface area (Å²) in [6.45, 7) is 8.56. The first-order valence-corrected chi connectivity index (χ1v) is 6.76. The minimum Gasteiger partial charge on any atom is -0.393 e. The van der Waals surface area contributed by atoms with E-state index < -0.39 is 6.10 Å². The van der Waals surface area contributed by atoms with Crippen LogP contribution in [0.1, 0.15) is 39.4 Å². The fourth-order valence-corrected chi connectivity index (χ4v) is 1.72. The Labute approximate surface area is 109 Å². The molecule has 5 heteroatoms. The molecule has 1 unspecified atom stereocenters. The van der Waals surface area contributed by atoms with Crippen LogP contribution >= 0.6 is 0 Å². The quantitative estimate of drug-likeness (QED) is 0.682. The minimum absolute atomic E-state index is 0.406. The summed E-state index contributed by atoms with van der Waals surface area (Å²) < 4.78 is 7.24. The highest BCUT2D eigenvalue weighted by Crippen LogP contribution is 2.06. The third kappa shape index (κ3) is 5.60. The first kappa shape index (κ1) is 15.1. The summed E-state index contributed by atoms with van der Waals surface area (Å²) in [7, 11) is 0. The molecule has 104 valence electrons. The Morgan fingerprint density at radius 3 is 2.83 bits per heavy atom. The van der Waals surface area contributed by atoms with Gasteiger partial charge in [-0.25, -0.2) is 9.67 Å². The molecular formula is C13H25N3O2. The maximum absolute atomic E-state index is 9.92. The van der Waals surface area contributed by atoms with Crippen LogP contribution in [-0.4, -0.2) is 39.2 Å². The lowest BCUT2D eigenvalue weighted by Gasteiger charge is -2.12. The fourth-order valence-electron chi connectivity index (χ4n) is 1.72. The summed E-state index contributed by atoms with van der Waals surface area (Å²) >= 11 is 0. The van der Waals surface area contributed by atoms with E-state index in [1.165, 1.54) is 0 Å². The average molecular weight is 255 g/mol. The Bertz CT molecular complexity index is 326. The van der Waals surface area contributed by atoms with Crippen molar-refractivity contribution >= 4 is 0 Å². The molecule has 5 nitrogen and oxygen atoms in total. The Morgan fingerprint density at radius 2 is 2.17 bits per heavy atom. The smallest absolute Gasteiger partial charge is 0.138 e. The van der Waals surface area contributed by atoms with Crippen molar-refractivity contribution in [2.45, 2.75) is 52.7 Å². The molecule has 1 N–H and O–H groups in total. The van der Waals surface area contributed by atoms with Gasteiger partial charge in [0.05, 0.1) is 6.10 Å². The van der Waals surface area contributed by atoms with Crippen molar-refractivity contribution in [2.24, 2.45) is 5.92 Å². The maximum atomic E-state index is 9.92. The third-order valence-corrected chi connectivity index (χ3v) is 2.60. The summed E-state index contributed by atoms with van der Waals surface area (Å²) in [4.78, 5) is 4.20. The molecule has 0 bridgehead atoms. The van der Waals surface area contributed by atoms with Crippen LogP contribution in [0.25, 0.3) is 0 Å². The minimum atomic E-state index is -0.406. The second-order valence-corrected chi connectivity index (χ2v) is 5.01. The molecule has 1 heterocycles. The molecule has 1 atom stereocenters. The van der Waals surface area contributed by atoms with E-state index in [4.69, 9.17) is 4.74 Å². The predicted molar refractivity (Wildman–Crippen MR) is 70.3 cm³/mol. The van der Waals surface area contributed by atoms with Gasteiger partial charge in [0.15, 0.2) is 0 Å². The van der Waals surface area contributed by atoms with Gasteiger partial charge < -0.3 is 9.84 Å². The van der Waals surface area contributed by atoms with Crippen LogP contribution in [0.4, 0.5) is 0 Å². The molecule has 0 aliphatic carbocycles. The largest absolute Gasteiger partial charge is 0.393 e. The molecule has 0 aliphatic rings. The number of ether oxygens (including phenoxy) is 1. The number of hydrogen-bond donors (Lipinski definition) is 1. The number of nitrogens with zero attached hydrogens (tertiary/aromatic N) is 3. The van der Waals surface area contributed by atoms with Crippen LogP contribution in [-0.2, 0) is 17.7 Å². The van der Waals surface area contributed by atoms with Gasteiger partial charge in [-0.2, -0.15) is 5.10 Å². The highest BCUT2D eigenvalue weighted by Gasteiger charge is 2.12. The van der Waals surface area contributed by atoms with Crippen molar-refractivity contribution in [3.8, 4) is 0 Å². The van der Waals surface area contributed by atoms with E-state index >= 15 is 0 Å². The van der Waals surface area contributed by atoms with Gasteiger partial charge in [-0.3, -0.25) is 0 Å². The molecule has 0 fully saturated rings. The molecule has 0 aromatic carbocycles. The van der Waals surface area contributed by atoms with Gasteiger partial charge in [0.25, 0.3) is 0 Å². The van der Waals surface area contributed by atoms with Gasteiger partial charge in [-0.1, -0.05) is 20.8 Å². The number of aliphatic hydroxyl groups excluding tert-OH is 1. The second kappa shape index (κ2) is 8.21. The number of aromatic nitrogens is 3. The van der Waals surface area contributed by atoms with Crippen LogP contribution in [0.2, 0.25) is 0 Å². The van der Waals surface area contributed by atoms with E-state index in [1.807, 2.05) is 4.68 Å². The molecule has 18 heavy (non-hydrogen) atoms. The SMILES string of the molecule is CCCOCCC(O)Cc1ncnn1CC(C)C. The summed E-state index contributed by atoms with van der Waals surface area (Å²) in [5, 5.41) is 14.1.